The zero-order valence-corrected chi connectivity index (χ0v) is 9.79. The molecule has 1 unspecified atom stereocenters. The maximum Gasteiger partial charge on any atom is 0.223 e. The predicted molar refractivity (Wildman–Crippen MR) is 58.1 cm³/mol. The van der Waals surface area contributed by atoms with Gasteiger partial charge in [0, 0.05) is 31.8 Å². The molecule has 0 aliphatic carbocycles. The molecule has 0 aromatic heterocycles. The van der Waals surface area contributed by atoms with Crippen LogP contribution in [0.5, 0.6) is 0 Å². The first-order valence-corrected chi connectivity index (χ1v) is 7.17. The van der Waals surface area contributed by atoms with Crippen molar-refractivity contribution in [3.05, 3.63) is 0 Å². The number of likely N-dealkylation sites (tertiary alicyclic amines) is 1. The van der Waals surface area contributed by atoms with Gasteiger partial charge in [-0.15, -0.1) is 0 Å². The number of nitrogens with zero attached hydrogens (tertiary/aromatic N) is 1. The number of amides is 1. The predicted octanol–water partition coefficient (Wildman–Crippen LogP) is -0.629. The lowest BCUT2D eigenvalue weighted by Crippen LogP contribution is -2.40. The lowest BCUT2D eigenvalue weighted by molar-refractivity contribution is -0.131. The van der Waals surface area contributed by atoms with Crippen molar-refractivity contribution < 1.29 is 13.2 Å². The van der Waals surface area contributed by atoms with E-state index in [0.717, 1.165) is 19.1 Å². The minimum Gasteiger partial charge on any atom is -0.338 e. The fourth-order valence-electron chi connectivity index (χ4n) is 1.83. The number of hydrogen-bond acceptors (Lipinski definition) is 4. The summed E-state index contributed by atoms with van der Waals surface area (Å²) in [5, 5.41) is 0. The second-order valence-electron chi connectivity index (χ2n) is 4.00. The van der Waals surface area contributed by atoms with Crippen LogP contribution in [-0.2, 0) is 14.6 Å². The highest BCUT2D eigenvalue weighted by molar-refractivity contribution is 7.90. The Morgan fingerprint density at radius 2 is 2.20 bits per heavy atom. The van der Waals surface area contributed by atoms with Gasteiger partial charge < -0.3 is 10.6 Å². The average molecular weight is 234 g/mol. The van der Waals surface area contributed by atoms with E-state index in [0.29, 0.717) is 13.1 Å². The van der Waals surface area contributed by atoms with Crippen molar-refractivity contribution in [2.75, 3.05) is 25.1 Å². The van der Waals surface area contributed by atoms with Gasteiger partial charge in [0.25, 0.3) is 0 Å². The number of carbonyl (C=O) groups excluding carboxylic acids is 1. The molecule has 0 saturated carbocycles. The molecule has 15 heavy (non-hydrogen) atoms. The van der Waals surface area contributed by atoms with Crippen LogP contribution in [0, 0.1) is 0 Å². The topological polar surface area (TPSA) is 80.5 Å². The van der Waals surface area contributed by atoms with Crippen molar-refractivity contribution in [3.63, 3.8) is 0 Å². The molecule has 6 heteroatoms. The minimum atomic E-state index is -3.05. The lowest BCUT2D eigenvalue weighted by atomic mass is 10.2. The van der Waals surface area contributed by atoms with E-state index in [4.69, 9.17) is 5.73 Å². The molecule has 1 amide bonds. The Balaban J connectivity index is 2.46. The molecule has 5 nitrogen and oxygen atoms in total. The highest BCUT2D eigenvalue weighted by Gasteiger charge is 2.27. The molecule has 1 aliphatic heterocycles. The first-order chi connectivity index (χ1) is 6.94. The van der Waals surface area contributed by atoms with Crippen LogP contribution in [0.4, 0.5) is 0 Å². The number of nitrogens with two attached hydrogens (primary N) is 1. The SMILES string of the molecule is CS(=O)(=O)CCC(=O)N1CCCC1CN. The Hall–Kier alpha value is -0.620. The summed E-state index contributed by atoms with van der Waals surface area (Å²) in [7, 11) is -3.05. The van der Waals surface area contributed by atoms with Crippen molar-refractivity contribution in [2.45, 2.75) is 25.3 Å². The number of rotatable bonds is 4. The Bertz CT molecular complexity index is 326. The molecule has 88 valence electrons. The molecule has 1 heterocycles. The van der Waals surface area contributed by atoms with Crippen LogP contribution in [0.2, 0.25) is 0 Å². The first kappa shape index (κ1) is 12.4. The zero-order chi connectivity index (χ0) is 11.5. The summed E-state index contributed by atoms with van der Waals surface area (Å²) in [6.45, 7) is 1.18. The Labute approximate surface area is 90.5 Å². The molecule has 0 aromatic rings. The van der Waals surface area contributed by atoms with E-state index in [1.54, 1.807) is 4.90 Å². The fraction of sp³-hybridized carbons (Fsp3) is 0.889. The maximum absolute atomic E-state index is 11.7. The number of carbonyl (C=O) groups is 1. The van der Waals surface area contributed by atoms with E-state index < -0.39 is 9.84 Å². The molecule has 1 fully saturated rings. The van der Waals surface area contributed by atoms with Crippen LogP contribution in [0.25, 0.3) is 0 Å². The zero-order valence-electron chi connectivity index (χ0n) is 8.98. The van der Waals surface area contributed by atoms with E-state index in [1.165, 1.54) is 0 Å². The van der Waals surface area contributed by atoms with Crippen LogP contribution in [-0.4, -0.2) is 50.4 Å². The molecular weight excluding hydrogens is 216 g/mol. The van der Waals surface area contributed by atoms with Crippen molar-refractivity contribution in [3.8, 4) is 0 Å². The molecule has 1 saturated heterocycles. The highest BCUT2D eigenvalue weighted by Crippen LogP contribution is 2.17. The van der Waals surface area contributed by atoms with Gasteiger partial charge in [0.1, 0.15) is 9.84 Å². The van der Waals surface area contributed by atoms with Gasteiger partial charge >= 0.3 is 0 Å². The molecule has 2 N–H and O–H groups in total. The normalized spacial score (nSPS) is 22.0. The van der Waals surface area contributed by atoms with Gasteiger partial charge in [0.05, 0.1) is 5.75 Å². The van der Waals surface area contributed by atoms with E-state index >= 15 is 0 Å². The molecule has 0 spiro atoms. The van der Waals surface area contributed by atoms with Crippen LogP contribution in [0.1, 0.15) is 19.3 Å². The third-order valence-corrected chi connectivity index (χ3v) is 3.60. The van der Waals surface area contributed by atoms with E-state index in [1.807, 2.05) is 0 Å². The summed E-state index contributed by atoms with van der Waals surface area (Å²) in [4.78, 5) is 13.4. The first-order valence-electron chi connectivity index (χ1n) is 5.11. The van der Waals surface area contributed by atoms with Gasteiger partial charge in [-0.2, -0.15) is 0 Å². The van der Waals surface area contributed by atoms with Gasteiger partial charge in [-0.25, -0.2) is 8.42 Å². The molecular formula is C9H18N2O3S. The van der Waals surface area contributed by atoms with E-state index in [2.05, 4.69) is 0 Å². The van der Waals surface area contributed by atoms with E-state index in [9.17, 15) is 13.2 Å². The number of hydrogen-bond donors (Lipinski definition) is 1. The van der Waals surface area contributed by atoms with Crippen LogP contribution < -0.4 is 5.73 Å². The van der Waals surface area contributed by atoms with Crippen molar-refractivity contribution >= 4 is 15.7 Å². The Morgan fingerprint density at radius 1 is 1.53 bits per heavy atom. The van der Waals surface area contributed by atoms with Gasteiger partial charge in [-0.3, -0.25) is 4.79 Å². The fourth-order valence-corrected chi connectivity index (χ4v) is 2.37. The second kappa shape index (κ2) is 4.94. The minimum absolute atomic E-state index is 0.0698. The van der Waals surface area contributed by atoms with Gasteiger partial charge in [0.15, 0.2) is 0 Å². The second-order valence-corrected chi connectivity index (χ2v) is 6.26. The summed E-state index contributed by atoms with van der Waals surface area (Å²) in [6.07, 6.45) is 3.12. The average Bonchev–Trinajstić information content (AvgIpc) is 2.60. The van der Waals surface area contributed by atoms with Gasteiger partial charge in [0.2, 0.25) is 5.91 Å². The third kappa shape index (κ3) is 3.79. The summed E-state index contributed by atoms with van der Waals surface area (Å²) in [5.74, 6) is -0.159. The van der Waals surface area contributed by atoms with Crippen molar-refractivity contribution in [2.24, 2.45) is 5.73 Å². The monoisotopic (exact) mass is 234 g/mol. The molecule has 1 aliphatic rings. The van der Waals surface area contributed by atoms with Crippen LogP contribution >= 0.6 is 0 Å². The quantitative estimate of drug-likeness (QED) is 0.702. The van der Waals surface area contributed by atoms with E-state index in [-0.39, 0.29) is 24.1 Å². The largest absolute Gasteiger partial charge is 0.338 e. The standard InChI is InChI=1S/C9H18N2O3S/c1-15(13,14)6-4-9(12)11-5-2-3-8(11)7-10/h8H,2-7,10H2,1H3. The summed E-state index contributed by atoms with van der Waals surface area (Å²) >= 11 is 0. The Morgan fingerprint density at radius 3 is 2.73 bits per heavy atom. The summed E-state index contributed by atoms with van der Waals surface area (Å²) in [6, 6.07) is 0.108. The number of sulfone groups is 1. The lowest BCUT2D eigenvalue weighted by Gasteiger charge is -2.23. The molecule has 0 aromatic carbocycles. The molecule has 0 bridgehead atoms. The molecule has 1 atom stereocenters. The Kier molecular flexibility index (Phi) is 4.10. The van der Waals surface area contributed by atoms with Crippen molar-refractivity contribution in [1.82, 2.24) is 4.90 Å². The summed E-state index contributed by atoms with van der Waals surface area (Å²) < 4.78 is 21.8. The summed E-state index contributed by atoms with van der Waals surface area (Å²) in [5.41, 5.74) is 5.53. The van der Waals surface area contributed by atoms with Gasteiger partial charge in [-0.05, 0) is 12.8 Å². The smallest absolute Gasteiger partial charge is 0.223 e. The molecule has 1 rings (SSSR count). The van der Waals surface area contributed by atoms with Crippen molar-refractivity contribution in [1.29, 1.82) is 0 Å². The van der Waals surface area contributed by atoms with Gasteiger partial charge in [-0.1, -0.05) is 0 Å². The van der Waals surface area contributed by atoms with Crippen LogP contribution in [0.3, 0.4) is 0 Å². The van der Waals surface area contributed by atoms with Crippen LogP contribution in [0.15, 0.2) is 0 Å². The molecule has 0 radical (unpaired) electrons. The maximum atomic E-state index is 11.7. The highest BCUT2D eigenvalue weighted by atomic mass is 32.2. The third-order valence-electron chi connectivity index (χ3n) is 2.66.